The normalized spacial score (nSPS) is 15.1. The minimum atomic E-state index is -0.307. The summed E-state index contributed by atoms with van der Waals surface area (Å²) >= 11 is 0. The van der Waals surface area contributed by atoms with Gasteiger partial charge < -0.3 is 9.15 Å². The molecule has 3 aromatic carbocycles. The molecule has 0 N–H and O–H groups in total. The van der Waals surface area contributed by atoms with Crippen LogP contribution in [-0.4, -0.2) is 42.6 Å². The number of fused-ring (bicyclic) bond motifs is 1. The monoisotopic (exact) mass is 454 g/mol. The van der Waals surface area contributed by atoms with Crippen LogP contribution in [0.1, 0.15) is 29.7 Å². The van der Waals surface area contributed by atoms with E-state index in [0.29, 0.717) is 18.7 Å². The second kappa shape index (κ2) is 10.2. The third-order valence-corrected chi connectivity index (χ3v) is 6.51. The summed E-state index contributed by atoms with van der Waals surface area (Å²) in [5, 5.41) is 0.944. The number of hydrogen-bond donors (Lipinski definition) is 0. The first-order valence-electron chi connectivity index (χ1n) is 12.0. The van der Waals surface area contributed by atoms with Gasteiger partial charge in [-0.25, -0.2) is 4.79 Å². The molecule has 0 spiro atoms. The van der Waals surface area contributed by atoms with Gasteiger partial charge in [0.05, 0.1) is 12.6 Å². The Morgan fingerprint density at radius 1 is 0.853 bits per heavy atom. The molecule has 0 aliphatic carbocycles. The maximum absolute atomic E-state index is 12.2. The molecule has 0 saturated carbocycles. The lowest BCUT2D eigenvalue weighted by Crippen LogP contribution is -2.47. The highest BCUT2D eigenvalue weighted by Gasteiger charge is 2.26. The highest BCUT2D eigenvalue weighted by Crippen LogP contribution is 2.30. The van der Waals surface area contributed by atoms with Crippen molar-refractivity contribution in [3.63, 3.8) is 0 Å². The Labute approximate surface area is 200 Å². The van der Waals surface area contributed by atoms with Crippen molar-refractivity contribution in [2.45, 2.75) is 19.5 Å². The first-order valence-corrected chi connectivity index (χ1v) is 12.0. The zero-order valence-electron chi connectivity index (χ0n) is 19.5. The van der Waals surface area contributed by atoms with E-state index >= 15 is 0 Å². The predicted octanol–water partition coefficient (Wildman–Crippen LogP) is 5.10. The zero-order chi connectivity index (χ0) is 23.3. The fourth-order valence-electron chi connectivity index (χ4n) is 4.90. The second-order valence-corrected chi connectivity index (χ2v) is 8.72. The van der Waals surface area contributed by atoms with Crippen molar-refractivity contribution in [2.24, 2.45) is 0 Å². The van der Waals surface area contributed by atoms with Crippen LogP contribution in [0.15, 0.2) is 94.1 Å². The molecule has 1 aliphatic heterocycles. The van der Waals surface area contributed by atoms with Gasteiger partial charge in [-0.1, -0.05) is 60.7 Å². The maximum atomic E-state index is 12.2. The molecule has 174 valence electrons. The molecule has 0 amide bonds. The summed E-state index contributed by atoms with van der Waals surface area (Å²) in [6.45, 7) is 7.06. The van der Waals surface area contributed by atoms with Gasteiger partial charge in [-0.05, 0) is 41.8 Å². The van der Waals surface area contributed by atoms with E-state index in [1.54, 1.807) is 6.07 Å². The van der Waals surface area contributed by atoms with Crippen LogP contribution in [0.4, 0.5) is 0 Å². The van der Waals surface area contributed by atoms with Gasteiger partial charge in [-0.3, -0.25) is 9.80 Å². The molecule has 5 nitrogen and oxygen atoms in total. The van der Waals surface area contributed by atoms with Crippen molar-refractivity contribution in [1.82, 2.24) is 9.80 Å². The Morgan fingerprint density at radius 2 is 1.50 bits per heavy atom. The van der Waals surface area contributed by atoms with E-state index in [2.05, 4.69) is 70.5 Å². The Kier molecular flexibility index (Phi) is 6.74. The average Bonchev–Trinajstić information content (AvgIpc) is 2.87. The molecule has 0 bridgehead atoms. The minimum absolute atomic E-state index is 0.239. The number of benzene rings is 3. The number of piperazine rings is 1. The SMILES string of the molecule is CCOc1ccc2oc(=O)cc(CN3CCN(C(c4ccccc4)c4ccccc4)CC3)c2c1. The van der Waals surface area contributed by atoms with Crippen LogP contribution in [-0.2, 0) is 6.54 Å². The van der Waals surface area contributed by atoms with E-state index in [1.165, 1.54) is 11.1 Å². The van der Waals surface area contributed by atoms with Gasteiger partial charge in [-0.2, -0.15) is 0 Å². The summed E-state index contributed by atoms with van der Waals surface area (Å²) in [6, 6.07) is 29.0. The number of hydrogen-bond acceptors (Lipinski definition) is 5. The van der Waals surface area contributed by atoms with E-state index in [0.717, 1.165) is 42.9 Å². The maximum Gasteiger partial charge on any atom is 0.336 e. The van der Waals surface area contributed by atoms with E-state index in [-0.39, 0.29) is 11.7 Å². The van der Waals surface area contributed by atoms with Crippen molar-refractivity contribution in [2.75, 3.05) is 32.8 Å². The molecule has 1 aromatic heterocycles. The van der Waals surface area contributed by atoms with Crippen LogP contribution >= 0.6 is 0 Å². The van der Waals surface area contributed by atoms with Gasteiger partial charge in [0.25, 0.3) is 0 Å². The Bertz CT molecular complexity index is 1240. The Hall–Kier alpha value is -3.41. The average molecular weight is 455 g/mol. The standard InChI is InChI=1S/C29H30N2O3/c1-2-33-25-13-14-27-26(20-25)24(19-28(32)34-27)21-30-15-17-31(18-16-30)29(22-9-5-3-6-10-22)23-11-7-4-8-12-23/h3-14,19-20,29H,2,15-18,21H2,1H3. The number of nitrogens with zero attached hydrogens (tertiary/aromatic N) is 2. The Morgan fingerprint density at radius 3 is 2.12 bits per heavy atom. The zero-order valence-corrected chi connectivity index (χ0v) is 19.5. The largest absolute Gasteiger partial charge is 0.494 e. The van der Waals surface area contributed by atoms with Crippen LogP contribution in [0.2, 0.25) is 0 Å². The molecule has 1 fully saturated rings. The highest BCUT2D eigenvalue weighted by atomic mass is 16.5. The second-order valence-electron chi connectivity index (χ2n) is 8.72. The van der Waals surface area contributed by atoms with Crippen LogP contribution < -0.4 is 10.4 Å². The van der Waals surface area contributed by atoms with Gasteiger partial charge in [0, 0.05) is 44.2 Å². The van der Waals surface area contributed by atoms with E-state index in [1.807, 2.05) is 25.1 Å². The van der Waals surface area contributed by atoms with Crippen molar-refractivity contribution >= 4 is 11.0 Å². The van der Waals surface area contributed by atoms with Crippen LogP contribution in [0, 0.1) is 0 Å². The van der Waals surface area contributed by atoms with Crippen molar-refractivity contribution in [3.05, 3.63) is 112 Å². The fraction of sp³-hybridized carbons (Fsp3) is 0.276. The van der Waals surface area contributed by atoms with Gasteiger partial charge in [-0.15, -0.1) is 0 Å². The van der Waals surface area contributed by atoms with Gasteiger partial charge in [0.15, 0.2) is 0 Å². The smallest absolute Gasteiger partial charge is 0.336 e. The minimum Gasteiger partial charge on any atom is -0.494 e. The van der Waals surface area contributed by atoms with Gasteiger partial charge in [0.2, 0.25) is 0 Å². The van der Waals surface area contributed by atoms with E-state index in [9.17, 15) is 4.79 Å². The molecular weight excluding hydrogens is 424 g/mol. The third-order valence-electron chi connectivity index (χ3n) is 6.51. The fourth-order valence-corrected chi connectivity index (χ4v) is 4.90. The van der Waals surface area contributed by atoms with Crippen molar-refractivity contribution in [3.8, 4) is 5.75 Å². The molecular formula is C29H30N2O3. The lowest BCUT2D eigenvalue weighted by atomic mass is 9.96. The van der Waals surface area contributed by atoms with E-state index in [4.69, 9.17) is 9.15 Å². The summed E-state index contributed by atoms with van der Waals surface area (Å²) in [6.07, 6.45) is 0. The summed E-state index contributed by atoms with van der Waals surface area (Å²) in [5.74, 6) is 0.795. The van der Waals surface area contributed by atoms with Crippen LogP contribution in [0.5, 0.6) is 5.75 Å². The van der Waals surface area contributed by atoms with Crippen LogP contribution in [0.3, 0.4) is 0 Å². The van der Waals surface area contributed by atoms with Crippen molar-refractivity contribution in [1.29, 1.82) is 0 Å². The Balaban J connectivity index is 1.35. The quantitative estimate of drug-likeness (QED) is 0.364. The first-order chi connectivity index (χ1) is 16.7. The highest BCUT2D eigenvalue weighted by molar-refractivity contribution is 5.81. The lowest BCUT2D eigenvalue weighted by Gasteiger charge is -2.40. The summed E-state index contributed by atoms with van der Waals surface area (Å²) in [5.41, 5.74) is 3.93. The van der Waals surface area contributed by atoms with Crippen LogP contribution in [0.25, 0.3) is 11.0 Å². The molecule has 4 aromatic rings. The molecule has 1 saturated heterocycles. The molecule has 2 heterocycles. The van der Waals surface area contributed by atoms with Crippen molar-refractivity contribution < 1.29 is 9.15 Å². The third kappa shape index (κ3) is 4.91. The summed E-state index contributed by atoms with van der Waals surface area (Å²) in [4.78, 5) is 17.2. The molecule has 5 rings (SSSR count). The number of rotatable bonds is 7. The van der Waals surface area contributed by atoms with Gasteiger partial charge >= 0.3 is 5.63 Å². The first kappa shape index (κ1) is 22.4. The molecule has 34 heavy (non-hydrogen) atoms. The molecule has 0 atom stereocenters. The summed E-state index contributed by atoms with van der Waals surface area (Å²) in [7, 11) is 0. The molecule has 1 aliphatic rings. The van der Waals surface area contributed by atoms with E-state index < -0.39 is 0 Å². The summed E-state index contributed by atoms with van der Waals surface area (Å²) < 4.78 is 11.1. The predicted molar refractivity (Wildman–Crippen MR) is 135 cm³/mol. The number of ether oxygens (including phenoxy) is 1. The topological polar surface area (TPSA) is 45.9 Å². The van der Waals surface area contributed by atoms with Gasteiger partial charge in [0.1, 0.15) is 11.3 Å². The molecule has 0 unspecified atom stereocenters. The molecule has 5 heteroatoms. The lowest BCUT2D eigenvalue weighted by molar-refractivity contribution is 0.105. The molecule has 0 radical (unpaired) electrons.